The van der Waals surface area contributed by atoms with E-state index < -0.39 is 11.6 Å². The van der Waals surface area contributed by atoms with Crippen molar-refractivity contribution in [2.75, 3.05) is 0 Å². The number of aromatic hydroxyl groups is 1. The number of hydrogen-bond donors (Lipinski definition) is 2. The first-order valence-electron chi connectivity index (χ1n) is 2.81. The fraction of sp³-hybridized carbons (Fsp3) is 0. The first kappa shape index (κ1) is 8.36. The Labute approximate surface area is 68.5 Å². The lowest BCUT2D eigenvalue weighted by atomic mass is 9.88. The largest absolute Gasteiger partial charge is 0.504 e. The third-order valence-corrected chi connectivity index (χ3v) is 1.54. The van der Waals surface area contributed by atoms with Crippen LogP contribution in [-0.4, -0.2) is 17.6 Å². The Morgan fingerprint density at radius 3 is 2.64 bits per heavy atom. The van der Waals surface area contributed by atoms with Gasteiger partial charge in [-0.05, 0) is 11.5 Å². The van der Waals surface area contributed by atoms with Crippen molar-refractivity contribution in [3.8, 4) is 5.75 Å². The molecule has 0 aliphatic rings. The molecule has 0 saturated heterocycles. The van der Waals surface area contributed by atoms with Gasteiger partial charge in [0.15, 0.2) is 11.6 Å². The zero-order chi connectivity index (χ0) is 8.43. The number of phenols is 1. The summed E-state index contributed by atoms with van der Waals surface area (Å²) >= 11 is 5.36. The lowest BCUT2D eigenvalue weighted by Gasteiger charge is -2.00. The number of rotatable bonds is 1. The molecule has 5 heteroatoms. The van der Waals surface area contributed by atoms with Crippen LogP contribution in [0.3, 0.4) is 0 Å². The summed E-state index contributed by atoms with van der Waals surface area (Å²) in [6.45, 7) is 0. The van der Waals surface area contributed by atoms with Crippen LogP contribution in [0.25, 0.3) is 0 Å². The van der Waals surface area contributed by atoms with E-state index >= 15 is 0 Å². The Kier molecular flexibility index (Phi) is 2.36. The monoisotopic (exact) mass is 173 g/mol. The van der Waals surface area contributed by atoms with Crippen LogP contribution >= 0.6 is 11.6 Å². The predicted molar refractivity (Wildman–Crippen MR) is 40.7 cm³/mol. The second kappa shape index (κ2) is 3.11. The smallest absolute Gasteiger partial charge is 0.329 e. The van der Waals surface area contributed by atoms with Gasteiger partial charge in [0.1, 0.15) is 0 Å². The Morgan fingerprint density at radius 2 is 2.09 bits per heavy atom. The van der Waals surface area contributed by atoms with Gasteiger partial charge >= 0.3 is 7.48 Å². The highest BCUT2D eigenvalue weighted by molar-refractivity contribution is 6.46. The molecule has 0 spiro atoms. The molecule has 0 saturated carbocycles. The minimum atomic E-state index is -0.917. The topological polar surface area (TPSA) is 40.5 Å². The van der Waals surface area contributed by atoms with Crippen LogP contribution < -0.4 is 5.46 Å². The van der Waals surface area contributed by atoms with E-state index in [0.717, 1.165) is 0 Å². The molecule has 0 bridgehead atoms. The molecular formula is C6H4BClFO2. The third kappa shape index (κ3) is 1.47. The lowest BCUT2D eigenvalue weighted by Crippen LogP contribution is -2.17. The van der Waals surface area contributed by atoms with Crippen LogP contribution in [-0.2, 0) is 0 Å². The van der Waals surface area contributed by atoms with E-state index in [1.165, 1.54) is 12.1 Å². The van der Waals surface area contributed by atoms with E-state index in [-0.39, 0.29) is 10.5 Å². The van der Waals surface area contributed by atoms with Crippen molar-refractivity contribution in [1.82, 2.24) is 0 Å². The average molecular weight is 173 g/mol. The van der Waals surface area contributed by atoms with Crippen molar-refractivity contribution < 1.29 is 14.5 Å². The molecule has 0 amide bonds. The second-order valence-corrected chi connectivity index (χ2v) is 2.34. The first-order chi connectivity index (χ1) is 5.16. The number of halogens is 2. The highest BCUT2D eigenvalue weighted by Gasteiger charge is 2.10. The number of hydrogen-bond acceptors (Lipinski definition) is 2. The molecule has 0 aliphatic carbocycles. The van der Waals surface area contributed by atoms with E-state index in [2.05, 4.69) is 0 Å². The van der Waals surface area contributed by atoms with Gasteiger partial charge in [-0.2, -0.15) is 0 Å². The van der Waals surface area contributed by atoms with Crippen molar-refractivity contribution in [3.05, 3.63) is 23.0 Å². The first-order valence-corrected chi connectivity index (χ1v) is 3.19. The summed E-state index contributed by atoms with van der Waals surface area (Å²) in [5, 5.41) is 17.2. The van der Waals surface area contributed by atoms with Gasteiger partial charge in [-0.15, -0.1) is 0 Å². The highest BCUT2D eigenvalue weighted by Crippen LogP contribution is 2.23. The van der Waals surface area contributed by atoms with Gasteiger partial charge < -0.3 is 10.1 Å². The van der Waals surface area contributed by atoms with Gasteiger partial charge in [-0.25, -0.2) is 4.39 Å². The SMILES string of the molecule is O[B]c1ccc(Cl)c(O)c1F. The summed E-state index contributed by atoms with van der Waals surface area (Å²) in [6.07, 6.45) is 0. The summed E-state index contributed by atoms with van der Waals surface area (Å²) in [7, 11) is 0.561. The molecule has 1 aromatic carbocycles. The molecule has 0 unspecified atom stereocenters. The van der Waals surface area contributed by atoms with Gasteiger partial charge in [0.2, 0.25) is 0 Å². The molecule has 2 nitrogen and oxygen atoms in total. The highest BCUT2D eigenvalue weighted by atomic mass is 35.5. The lowest BCUT2D eigenvalue weighted by molar-refractivity contribution is 0.434. The zero-order valence-electron chi connectivity index (χ0n) is 5.38. The van der Waals surface area contributed by atoms with Gasteiger partial charge in [0, 0.05) is 0 Å². The molecule has 0 fully saturated rings. The fourth-order valence-corrected chi connectivity index (χ4v) is 0.802. The van der Waals surface area contributed by atoms with Crippen LogP contribution in [0.15, 0.2) is 12.1 Å². The second-order valence-electron chi connectivity index (χ2n) is 1.93. The van der Waals surface area contributed by atoms with Crippen LogP contribution in [0.2, 0.25) is 5.02 Å². The van der Waals surface area contributed by atoms with E-state index in [1.807, 2.05) is 0 Å². The molecule has 0 aromatic heterocycles. The van der Waals surface area contributed by atoms with E-state index in [9.17, 15) is 4.39 Å². The van der Waals surface area contributed by atoms with Crippen molar-refractivity contribution in [2.24, 2.45) is 0 Å². The van der Waals surface area contributed by atoms with E-state index in [0.29, 0.717) is 7.48 Å². The third-order valence-electron chi connectivity index (χ3n) is 1.24. The quantitative estimate of drug-likeness (QED) is 0.604. The molecular weight excluding hydrogens is 169 g/mol. The van der Waals surface area contributed by atoms with Crippen LogP contribution in [0.1, 0.15) is 0 Å². The van der Waals surface area contributed by atoms with Crippen LogP contribution in [0, 0.1) is 5.82 Å². The van der Waals surface area contributed by atoms with Crippen LogP contribution in [0.4, 0.5) is 4.39 Å². The molecule has 57 valence electrons. The summed E-state index contributed by atoms with van der Waals surface area (Å²) in [5.74, 6) is -1.56. The van der Waals surface area contributed by atoms with Gasteiger partial charge in [-0.1, -0.05) is 17.7 Å². The molecule has 0 heterocycles. The molecule has 1 radical (unpaired) electrons. The van der Waals surface area contributed by atoms with Crippen molar-refractivity contribution in [2.45, 2.75) is 0 Å². The molecule has 2 N–H and O–H groups in total. The predicted octanol–water partition coefficient (Wildman–Crippen LogP) is 0.422. The maximum Gasteiger partial charge on any atom is 0.329 e. The minimum absolute atomic E-state index is 0.0758. The summed E-state index contributed by atoms with van der Waals surface area (Å²) in [6, 6.07) is 2.55. The Bertz CT molecular complexity index is 280. The molecule has 1 rings (SSSR count). The fourth-order valence-electron chi connectivity index (χ4n) is 0.656. The summed E-state index contributed by atoms with van der Waals surface area (Å²) < 4.78 is 12.7. The van der Waals surface area contributed by atoms with E-state index in [1.54, 1.807) is 0 Å². The molecule has 11 heavy (non-hydrogen) atoms. The van der Waals surface area contributed by atoms with Crippen molar-refractivity contribution in [3.63, 3.8) is 0 Å². The Hall–Kier alpha value is -0.735. The van der Waals surface area contributed by atoms with Gasteiger partial charge in [-0.3, -0.25) is 0 Å². The maximum atomic E-state index is 12.7. The minimum Gasteiger partial charge on any atom is -0.504 e. The van der Waals surface area contributed by atoms with Crippen LogP contribution in [0.5, 0.6) is 5.75 Å². The number of phenolic OH excluding ortho intramolecular Hbond substituents is 1. The number of benzene rings is 1. The standard InChI is InChI=1S/C6H4BClFO2/c8-4-2-1-3(7-11)5(9)6(4)10/h1-2,10-11H. The average Bonchev–Trinajstić information content (AvgIpc) is 2.01. The molecule has 0 atom stereocenters. The summed E-state index contributed by atoms with van der Waals surface area (Å²) in [5.41, 5.74) is -0.0908. The summed E-state index contributed by atoms with van der Waals surface area (Å²) in [4.78, 5) is 0. The van der Waals surface area contributed by atoms with Crippen molar-refractivity contribution >= 4 is 24.5 Å². The maximum absolute atomic E-state index is 12.7. The normalized spacial score (nSPS) is 9.73. The zero-order valence-corrected chi connectivity index (χ0v) is 6.14. The van der Waals surface area contributed by atoms with Gasteiger partial charge in [0.05, 0.1) is 5.02 Å². The van der Waals surface area contributed by atoms with Gasteiger partial charge in [0.25, 0.3) is 0 Å². The molecule has 0 aliphatic heterocycles. The van der Waals surface area contributed by atoms with Crippen molar-refractivity contribution in [1.29, 1.82) is 0 Å². The Morgan fingerprint density at radius 1 is 1.45 bits per heavy atom. The Balaban J connectivity index is 3.25. The molecule has 1 aromatic rings. The van der Waals surface area contributed by atoms with E-state index in [4.69, 9.17) is 21.7 Å².